The number of ether oxygens (including phenoxy) is 1. The molecule has 5 rings (SSSR count). The van der Waals surface area contributed by atoms with Gasteiger partial charge >= 0.3 is 0 Å². The number of pyridine rings is 1. The summed E-state index contributed by atoms with van der Waals surface area (Å²) in [4.78, 5) is 17.5. The number of thiazole rings is 1. The number of rotatable bonds is 5. The van der Waals surface area contributed by atoms with Gasteiger partial charge in [0.2, 0.25) is 5.88 Å². The molecule has 142 valence electrons. The van der Waals surface area contributed by atoms with E-state index in [0.29, 0.717) is 23.3 Å². The van der Waals surface area contributed by atoms with Crippen LogP contribution in [0.2, 0.25) is 0 Å². The summed E-state index contributed by atoms with van der Waals surface area (Å²) < 4.78 is 7.28. The molecule has 1 fully saturated rings. The van der Waals surface area contributed by atoms with E-state index in [-0.39, 0.29) is 6.10 Å². The number of nitriles is 1. The largest absolute Gasteiger partial charge is 0.473 e. The van der Waals surface area contributed by atoms with Crippen LogP contribution in [-0.2, 0) is 0 Å². The number of fused-ring (bicyclic) bond motifs is 1. The minimum absolute atomic E-state index is 0.0728. The number of aromatic nitrogens is 4. The third-order valence-corrected chi connectivity index (χ3v) is 5.78. The smallest absolute Gasteiger partial charge is 0.240 e. The third kappa shape index (κ3) is 3.60. The van der Waals surface area contributed by atoms with E-state index in [9.17, 15) is 0 Å². The fourth-order valence-corrected chi connectivity index (χ4v) is 4.20. The highest BCUT2D eigenvalue weighted by Gasteiger charge is 2.32. The Morgan fingerprint density at radius 2 is 1.93 bits per heavy atom. The molecule has 0 bridgehead atoms. The van der Waals surface area contributed by atoms with Gasteiger partial charge in [0, 0.05) is 43.0 Å². The highest BCUT2D eigenvalue weighted by Crippen LogP contribution is 2.33. The van der Waals surface area contributed by atoms with Crippen molar-refractivity contribution in [3.63, 3.8) is 0 Å². The van der Waals surface area contributed by atoms with Gasteiger partial charge in [-0.2, -0.15) is 5.26 Å². The predicted octanol–water partition coefficient (Wildman–Crippen LogP) is 4.04. The van der Waals surface area contributed by atoms with E-state index >= 15 is 0 Å². The Morgan fingerprint density at radius 3 is 2.72 bits per heavy atom. The fourth-order valence-electron chi connectivity index (χ4n) is 3.26. The Bertz CT molecular complexity index is 1160. The van der Waals surface area contributed by atoms with E-state index in [0.717, 1.165) is 29.1 Å². The average Bonchev–Trinajstić information content (AvgIpc) is 3.15. The van der Waals surface area contributed by atoms with E-state index in [4.69, 9.17) is 10.00 Å². The van der Waals surface area contributed by atoms with Crippen LogP contribution in [0.15, 0.2) is 55.0 Å². The van der Waals surface area contributed by atoms with Crippen molar-refractivity contribution in [2.24, 2.45) is 0 Å². The standard InChI is InChI=1S/C21H16N6OS/c22-11-14-6-5-13(12-25-14)19-20(24-8-7-23-19)28-16-9-15(10-16)26-21-27-17-3-1-2-4-18(17)29-21/h1-8,12,15-16H,9-10H2,(H,26,27)/t15-,16+. The molecule has 1 aliphatic rings. The summed E-state index contributed by atoms with van der Waals surface area (Å²) in [5.74, 6) is 0.488. The maximum atomic E-state index is 8.91. The Labute approximate surface area is 171 Å². The van der Waals surface area contributed by atoms with Crippen LogP contribution in [0.5, 0.6) is 5.88 Å². The Balaban J connectivity index is 1.24. The molecule has 0 unspecified atom stereocenters. The van der Waals surface area contributed by atoms with Crippen LogP contribution < -0.4 is 10.1 Å². The van der Waals surface area contributed by atoms with E-state index in [1.165, 1.54) is 4.70 Å². The predicted molar refractivity (Wildman–Crippen MR) is 111 cm³/mol. The number of benzene rings is 1. The molecule has 0 amide bonds. The lowest BCUT2D eigenvalue weighted by molar-refractivity contribution is 0.103. The Kier molecular flexibility index (Phi) is 4.50. The second kappa shape index (κ2) is 7.45. The van der Waals surface area contributed by atoms with Crippen molar-refractivity contribution in [2.75, 3.05) is 5.32 Å². The molecule has 1 aliphatic carbocycles. The molecule has 1 aromatic carbocycles. The van der Waals surface area contributed by atoms with Gasteiger partial charge in [0.1, 0.15) is 23.6 Å². The van der Waals surface area contributed by atoms with Crippen molar-refractivity contribution in [1.82, 2.24) is 19.9 Å². The van der Waals surface area contributed by atoms with Crippen LogP contribution in [0, 0.1) is 11.3 Å². The zero-order valence-electron chi connectivity index (χ0n) is 15.3. The molecule has 0 aliphatic heterocycles. The summed E-state index contributed by atoms with van der Waals surface area (Å²) in [6.07, 6.45) is 6.68. The molecule has 0 saturated heterocycles. The molecule has 0 radical (unpaired) electrons. The molecule has 4 aromatic rings. The molecule has 29 heavy (non-hydrogen) atoms. The summed E-state index contributed by atoms with van der Waals surface area (Å²) in [5, 5.41) is 13.3. The van der Waals surface area contributed by atoms with Crippen LogP contribution in [0.3, 0.4) is 0 Å². The monoisotopic (exact) mass is 400 g/mol. The van der Waals surface area contributed by atoms with Crippen LogP contribution in [-0.4, -0.2) is 32.1 Å². The lowest BCUT2D eigenvalue weighted by Gasteiger charge is -2.35. The summed E-state index contributed by atoms with van der Waals surface area (Å²) in [7, 11) is 0. The number of nitrogens with one attached hydrogen (secondary N) is 1. The zero-order chi connectivity index (χ0) is 19.6. The Hall–Kier alpha value is -3.57. The molecule has 3 aromatic heterocycles. The van der Waals surface area contributed by atoms with Gasteiger partial charge in [0.25, 0.3) is 0 Å². The van der Waals surface area contributed by atoms with Crippen molar-refractivity contribution >= 4 is 26.7 Å². The molecule has 7 nitrogen and oxygen atoms in total. The number of hydrogen-bond acceptors (Lipinski definition) is 8. The molecule has 8 heteroatoms. The molecular formula is C21H16N6OS. The van der Waals surface area contributed by atoms with Gasteiger partial charge in [-0.1, -0.05) is 23.5 Å². The molecular weight excluding hydrogens is 384 g/mol. The number of para-hydroxylation sites is 1. The second-order valence-electron chi connectivity index (χ2n) is 6.79. The molecule has 3 heterocycles. The summed E-state index contributed by atoms with van der Waals surface area (Å²) in [6, 6.07) is 13.9. The maximum Gasteiger partial charge on any atom is 0.240 e. The maximum absolute atomic E-state index is 8.91. The highest BCUT2D eigenvalue weighted by molar-refractivity contribution is 7.22. The van der Waals surface area contributed by atoms with Gasteiger partial charge in [-0.15, -0.1) is 0 Å². The molecule has 0 spiro atoms. The highest BCUT2D eigenvalue weighted by atomic mass is 32.1. The normalized spacial score (nSPS) is 18.0. The minimum Gasteiger partial charge on any atom is -0.473 e. The van der Waals surface area contributed by atoms with Gasteiger partial charge in [0.15, 0.2) is 5.13 Å². The minimum atomic E-state index is 0.0728. The summed E-state index contributed by atoms with van der Waals surface area (Å²) in [5.41, 5.74) is 2.79. The molecule has 1 N–H and O–H groups in total. The van der Waals surface area contributed by atoms with Gasteiger partial charge in [-0.3, -0.25) is 0 Å². The first-order valence-corrected chi connectivity index (χ1v) is 10.1. The van der Waals surface area contributed by atoms with E-state index in [1.807, 2.05) is 24.3 Å². The van der Waals surface area contributed by atoms with Crippen molar-refractivity contribution < 1.29 is 4.74 Å². The lowest BCUT2D eigenvalue weighted by atomic mass is 9.89. The van der Waals surface area contributed by atoms with Gasteiger partial charge in [0.05, 0.1) is 10.2 Å². The van der Waals surface area contributed by atoms with Crippen molar-refractivity contribution in [3.05, 3.63) is 60.7 Å². The second-order valence-corrected chi connectivity index (χ2v) is 7.82. The first-order valence-electron chi connectivity index (χ1n) is 9.25. The fraction of sp³-hybridized carbons (Fsp3) is 0.190. The SMILES string of the molecule is N#Cc1ccc(-c2nccnc2O[C@H]2C[C@@H](Nc3nc4ccccc4s3)C2)cn1. The average molecular weight is 400 g/mol. The van der Waals surface area contributed by atoms with Crippen LogP contribution in [0.25, 0.3) is 21.5 Å². The van der Waals surface area contributed by atoms with Crippen molar-refractivity contribution in [3.8, 4) is 23.2 Å². The summed E-state index contributed by atoms with van der Waals surface area (Å²) in [6.45, 7) is 0. The van der Waals surface area contributed by atoms with E-state index < -0.39 is 0 Å². The topological polar surface area (TPSA) is 96.6 Å². The number of anilines is 1. The van der Waals surface area contributed by atoms with E-state index in [2.05, 4.69) is 31.3 Å². The van der Waals surface area contributed by atoms with Gasteiger partial charge in [-0.05, 0) is 24.3 Å². The first-order chi connectivity index (χ1) is 14.3. The van der Waals surface area contributed by atoms with Gasteiger partial charge < -0.3 is 10.1 Å². The molecule has 0 atom stereocenters. The Morgan fingerprint density at radius 1 is 1.07 bits per heavy atom. The van der Waals surface area contributed by atoms with Crippen molar-refractivity contribution in [2.45, 2.75) is 25.0 Å². The number of nitrogens with zero attached hydrogens (tertiary/aromatic N) is 5. The lowest BCUT2D eigenvalue weighted by Crippen LogP contribution is -2.42. The van der Waals surface area contributed by atoms with Crippen LogP contribution in [0.4, 0.5) is 5.13 Å². The number of hydrogen-bond donors (Lipinski definition) is 1. The first kappa shape index (κ1) is 17.5. The zero-order valence-corrected chi connectivity index (χ0v) is 16.1. The van der Waals surface area contributed by atoms with Crippen LogP contribution >= 0.6 is 11.3 Å². The summed E-state index contributed by atoms with van der Waals surface area (Å²) >= 11 is 1.67. The third-order valence-electron chi connectivity index (χ3n) is 4.81. The molecule has 1 saturated carbocycles. The van der Waals surface area contributed by atoms with Crippen molar-refractivity contribution in [1.29, 1.82) is 5.26 Å². The van der Waals surface area contributed by atoms with Gasteiger partial charge in [-0.25, -0.2) is 19.9 Å². The quantitative estimate of drug-likeness (QED) is 0.540. The van der Waals surface area contributed by atoms with E-state index in [1.54, 1.807) is 42.1 Å². The van der Waals surface area contributed by atoms with Crippen LogP contribution in [0.1, 0.15) is 18.5 Å².